The zero-order chi connectivity index (χ0) is 25.9. The SMILES string of the molecule is C1=NC(n2c3ccc4ccccc4c3c3cc4c5ccccc5n5c6ccccc6c(c32)c45)Nc2ccccc21. The largest absolute Gasteiger partial charge is 0.346 e. The van der Waals surface area contributed by atoms with Crippen LogP contribution in [0.2, 0.25) is 0 Å². The number of nitrogens with one attached hydrogen (secondary N) is 1. The van der Waals surface area contributed by atoms with E-state index in [9.17, 15) is 0 Å². The van der Waals surface area contributed by atoms with E-state index < -0.39 is 0 Å². The lowest BCUT2D eigenvalue weighted by Crippen LogP contribution is -2.20. The molecule has 0 spiro atoms. The summed E-state index contributed by atoms with van der Waals surface area (Å²) in [5.41, 5.74) is 8.40. The third-order valence-electron chi connectivity index (χ3n) is 8.87. The fourth-order valence-corrected chi connectivity index (χ4v) is 7.26. The molecule has 0 bridgehead atoms. The van der Waals surface area contributed by atoms with E-state index in [1.165, 1.54) is 70.7 Å². The van der Waals surface area contributed by atoms with Crippen molar-refractivity contribution in [3.63, 3.8) is 0 Å². The van der Waals surface area contributed by atoms with Gasteiger partial charge in [-0.3, -0.25) is 0 Å². The van der Waals surface area contributed by atoms with Crippen molar-refractivity contribution in [3.8, 4) is 0 Å². The van der Waals surface area contributed by atoms with Crippen molar-refractivity contribution in [3.05, 3.63) is 121 Å². The Morgan fingerprint density at radius 1 is 0.550 bits per heavy atom. The first-order valence-electron chi connectivity index (χ1n) is 13.8. The summed E-state index contributed by atoms with van der Waals surface area (Å²) in [6.07, 6.45) is 1.74. The van der Waals surface area contributed by atoms with Gasteiger partial charge in [0.1, 0.15) is 0 Å². The van der Waals surface area contributed by atoms with Gasteiger partial charge in [0, 0.05) is 49.8 Å². The number of hydrogen-bond donors (Lipinski definition) is 1. The van der Waals surface area contributed by atoms with Crippen molar-refractivity contribution in [1.29, 1.82) is 0 Å². The first kappa shape index (κ1) is 20.6. The van der Waals surface area contributed by atoms with Gasteiger partial charge in [-0.25, -0.2) is 4.99 Å². The van der Waals surface area contributed by atoms with E-state index >= 15 is 0 Å². The van der Waals surface area contributed by atoms with Crippen LogP contribution in [0.25, 0.3) is 70.7 Å². The zero-order valence-electron chi connectivity index (χ0n) is 21.5. The molecule has 4 nitrogen and oxygen atoms in total. The fraction of sp³-hybridized carbons (Fsp3) is 0.0278. The van der Waals surface area contributed by atoms with Gasteiger partial charge in [-0.05, 0) is 41.1 Å². The molecule has 1 aliphatic heterocycles. The van der Waals surface area contributed by atoms with Gasteiger partial charge >= 0.3 is 0 Å². The predicted molar refractivity (Wildman–Crippen MR) is 168 cm³/mol. The Balaban J connectivity index is 1.49. The number of para-hydroxylation sites is 3. The van der Waals surface area contributed by atoms with Crippen molar-refractivity contribution >= 4 is 82.6 Å². The van der Waals surface area contributed by atoms with Crippen molar-refractivity contribution in [2.75, 3.05) is 5.32 Å². The first-order chi connectivity index (χ1) is 19.9. The molecular weight excluding hydrogens is 488 g/mol. The summed E-state index contributed by atoms with van der Waals surface area (Å²) in [5, 5.41) is 14.0. The molecule has 0 aliphatic carbocycles. The molecule has 4 heterocycles. The van der Waals surface area contributed by atoms with Crippen molar-refractivity contribution < 1.29 is 0 Å². The van der Waals surface area contributed by atoms with Gasteiger partial charge in [-0.1, -0.05) is 84.9 Å². The predicted octanol–water partition coefficient (Wildman–Crippen LogP) is 9.10. The maximum Gasteiger partial charge on any atom is 0.200 e. The number of anilines is 1. The van der Waals surface area contributed by atoms with Gasteiger partial charge in [0.25, 0.3) is 0 Å². The highest BCUT2D eigenvalue weighted by atomic mass is 15.3. The van der Waals surface area contributed by atoms with Crippen molar-refractivity contribution in [2.45, 2.75) is 6.29 Å². The number of hydrogen-bond acceptors (Lipinski definition) is 2. The van der Waals surface area contributed by atoms with E-state index in [2.05, 4.69) is 130 Å². The summed E-state index contributed by atoms with van der Waals surface area (Å²) in [7, 11) is 0. The monoisotopic (exact) mass is 510 g/mol. The second-order valence-electron chi connectivity index (χ2n) is 10.8. The van der Waals surface area contributed by atoms with Gasteiger partial charge in [0.15, 0.2) is 0 Å². The van der Waals surface area contributed by atoms with Crippen LogP contribution >= 0.6 is 0 Å². The molecule has 0 amide bonds. The lowest BCUT2D eigenvalue weighted by molar-refractivity contribution is 0.629. The Morgan fingerprint density at radius 3 is 2.17 bits per heavy atom. The molecule has 10 rings (SSSR count). The third kappa shape index (κ3) is 2.40. The fourth-order valence-electron chi connectivity index (χ4n) is 7.26. The molecule has 4 heteroatoms. The van der Waals surface area contributed by atoms with E-state index in [1.54, 1.807) is 0 Å². The van der Waals surface area contributed by atoms with Crippen LogP contribution in [0.1, 0.15) is 11.9 Å². The van der Waals surface area contributed by atoms with Crippen LogP contribution in [0.3, 0.4) is 0 Å². The maximum absolute atomic E-state index is 5.08. The van der Waals surface area contributed by atoms with Crippen LogP contribution in [0.4, 0.5) is 5.69 Å². The molecular formula is C36H22N4. The average molecular weight is 511 g/mol. The van der Waals surface area contributed by atoms with Crippen LogP contribution in [0.5, 0.6) is 0 Å². The Hall–Kier alpha value is -5.35. The number of fused-ring (bicyclic) bond motifs is 13. The molecule has 9 aromatic rings. The van der Waals surface area contributed by atoms with E-state index in [0.29, 0.717) is 0 Å². The summed E-state index contributed by atoms with van der Waals surface area (Å²) in [6.45, 7) is 0. The highest BCUT2D eigenvalue weighted by molar-refractivity contribution is 6.35. The molecule has 40 heavy (non-hydrogen) atoms. The lowest BCUT2D eigenvalue weighted by atomic mass is 10.0. The van der Waals surface area contributed by atoms with Crippen LogP contribution in [0, 0.1) is 0 Å². The molecule has 1 N–H and O–H groups in total. The quantitative estimate of drug-likeness (QED) is 0.235. The summed E-state index contributed by atoms with van der Waals surface area (Å²) in [4.78, 5) is 5.08. The Bertz CT molecular complexity index is 2530. The Labute approximate surface area is 228 Å². The molecule has 3 aromatic heterocycles. The first-order valence-corrected chi connectivity index (χ1v) is 13.8. The normalized spacial score (nSPS) is 15.3. The zero-order valence-corrected chi connectivity index (χ0v) is 21.5. The molecule has 0 radical (unpaired) electrons. The molecule has 1 atom stereocenters. The highest BCUT2D eigenvalue weighted by Gasteiger charge is 2.27. The van der Waals surface area contributed by atoms with Crippen LogP contribution in [-0.4, -0.2) is 15.2 Å². The average Bonchev–Trinajstić information content (AvgIpc) is 3.65. The van der Waals surface area contributed by atoms with Crippen LogP contribution in [-0.2, 0) is 0 Å². The second-order valence-corrected chi connectivity index (χ2v) is 10.8. The topological polar surface area (TPSA) is 33.7 Å². The van der Waals surface area contributed by atoms with Gasteiger partial charge in [-0.15, -0.1) is 0 Å². The minimum atomic E-state index is -0.268. The third-order valence-corrected chi connectivity index (χ3v) is 8.87. The number of rotatable bonds is 1. The van der Waals surface area contributed by atoms with Crippen LogP contribution < -0.4 is 5.32 Å². The summed E-state index contributed by atoms with van der Waals surface area (Å²) < 4.78 is 4.89. The minimum absolute atomic E-state index is 0.268. The van der Waals surface area contributed by atoms with E-state index in [4.69, 9.17) is 4.99 Å². The number of aliphatic imine (C=N–C) groups is 1. The number of nitrogens with zero attached hydrogens (tertiary/aromatic N) is 3. The second kappa shape index (κ2) is 7.19. The van der Waals surface area contributed by atoms with Gasteiger partial charge in [-0.2, -0.15) is 0 Å². The summed E-state index contributed by atoms with van der Waals surface area (Å²) in [6, 6.07) is 41.7. The van der Waals surface area contributed by atoms with E-state index in [0.717, 1.165) is 11.3 Å². The smallest absolute Gasteiger partial charge is 0.200 e. The lowest BCUT2D eigenvalue weighted by Gasteiger charge is -2.24. The van der Waals surface area contributed by atoms with Crippen molar-refractivity contribution in [2.24, 2.45) is 4.99 Å². The van der Waals surface area contributed by atoms with Gasteiger partial charge < -0.3 is 14.3 Å². The van der Waals surface area contributed by atoms with Gasteiger partial charge in [0.05, 0.1) is 27.6 Å². The van der Waals surface area contributed by atoms with E-state index in [1.807, 2.05) is 6.21 Å². The minimum Gasteiger partial charge on any atom is -0.346 e. The highest BCUT2D eigenvalue weighted by Crippen LogP contribution is 2.47. The van der Waals surface area contributed by atoms with E-state index in [-0.39, 0.29) is 6.29 Å². The Kier molecular flexibility index (Phi) is 3.70. The van der Waals surface area contributed by atoms with Gasteiger partial charge in [0.2, 0.25) is 6.29 Å². The summed E-state index contributed by atoms with van der Waals surface area (Å²) >= 11 is 0. The Morgan fingerprint density at radius 2 is 1.27 bits per heavy atom. The molecule has 0 saturated carbocycles. The molecule has 6 aromatic carbocycles. The van der Waals surface area contributed by atoms with Crippen LogP contribution in [0.15, 0.2) is 120 Å². The number of aromatic nitrogens is 2. The maximum atomic E-state index is 5.08. The molecule has 0 fully saturated rings. The summed E-state index contributed by atoms with van der Waals surface area (Å²) in [5.74, 6) is 0. The molecule has 1 aliphatic rings. The molecule has 0 saturated heterocycles. The molecule has 1 unspecified atom stereocenters. The standard InChI is InChI=1S/C36H22N4/c1-3-11-23-21(9-1)17-18-31-32(23)27-19-26-24-12-4-7-15-29(24)39-30-16-8-5-13-25(30)33(34(26)39)35(27)40(31)36-37-20-22-10-2-6-14-28(22)38-36/h1-20,36,38H. The molecule has 186 valence electrons. The van der Waals surface area contributed by atoms with Crippen molar-refractivity contribution in [1.82, 2.24) is 8.97 Å². The number of benzene rings is 6.